The first-order chi connectivity index (χ1) is 9.08. The van der Waals surface area contributed by atoms with Gasteiger partial charge in [-0.1, -0.05) is 18.9 Å². The topological polar surface area (TPSA) is 49.3 Å². The smallest absolute Gasteiger partial charge is 0.251 e. The molecular weight excluding hydrogens is 258 g/mol. The average Bonchev–Trinajstić information content (AvgIpc) is 2.89. The van der Waals surface area contributed by atoms with Crippen molar-refractivity contribution in [3.05, 3.63) is 29.3 Å². The van der Waals surface area contributed by atoms with E-state index in [1.165, 1.54) is 25.7 Å². The number of carbonyl (C=O) groups excluding carboxylic acids is 1. The van der Waals surface area contributed by atoms with Crippen molar-refractivity contribution in [2.75, 3.05) is 12.8 Å². The van der Waals surface area contributed by atoms with E-state index in [9.17, 15) is 9.90 Å². The van der Waals surface area contributed by atoms with E-state index < -0.39 is 0 Å². The number of amides is 1. The summed E-state index contributed by atoms with van der Waals surface area (Å²) in [7, 11) is 0. The Bertz CT molecular complexity index is 467. The lowest BCUT2D eigenvalue weighted by molar-refractivity contribution is 0.0948. The highest BCUT2D eigenvalue weighted by Gasteiger charge is 2.33. The zero-order chi connectivity index (χ0) is 13.9. The third-order valence-corrected chi connectivity index (χ3v) is 5.49. The lowest BCUT2D eigenvalue weighted by Crippen LogP contribution is -2.38. The highest BCUT2D eigenvalue weighted by molar-refractivity contribution is 8.00. The van der Waals surface area contributed by atoms with E-state index in [1.54, 1.807) is 25.1 Å². The number of benzene rings is 1. The molecule has 1 aromatic rings. The molecule has 0 spiro atoms. The molecule has 3 nitrogen and oxygen atoms in total. The predicted octanol–water partition coefficient (Wildman–Crippen LogP) is 3.11. The zero-order valence-electron chi connectivity index (χ0n) is 11.5. The maximum absolute atomic E-state index is 12.2. The molecule has 0 atom stereocenters. The third-order valence-electron chi connectivity index (χ3n) is 4.07. The Kier molecular flexibility index (Phi) is 4.40. The standard InChI is InChI=1S/C15H21NO2S/c1-11-12(6-5-7-13(11)17)14(18)16-10-15(19-2)8-3-4-9-15/h5-7,17H,3-4,8-10H2,1-2H3,(H,16,18). The van der Waals surface area contributed by atoms with Crippen LogP contribution >= 0.6 is 11.8 Å². The van der Waals surface area contributed by atoms with Crippen LogP contribution in [0.25, 0.3) is 0 Å². The first-order valence-corrected chi connectivity index (χ1v) is 7.92. The molecule has 2 rings (SSSR count). The van der Waals surface area contributed by atoms with Crippen LogP contribution in [0.4, 0.5) is 0 Å². The van der Waals surface area contributed by atoms with Gasteiger partial charge in [0.15, 0.2) is 0 Å². The summed E-state index contributed by atoms with van der Waals surface area (Å²) in [5.41, 5.74) is 1.21. The first kappa shape index (κ1) is 14.3. The van der Waals surface area contributed by atoms with Crippen molar-refractivity contribution < 1.29 is 9.90 Å². The Labute approximate surface area is 118 Å². The lowest BCUT2D eigenvalue weighted by atomic mass is 10.1. The number of phenols is 1. The van der Waals surface area contributed by atoms with E-state index in [2.05, 4.69) is 11.6 Å². The molecular formula is C15H21NO2S. The minimum absolute atomic E-state index is 0.0891. The molecule has 1 aromatic carbocycles. The maximum Gasteiger partial charge on any atom is 0.251 e. The molecule has 104 valence electrons. The first-order valence-electron chi connectivity index (χ1n) is 6.70. The molecule has 1 amide bonds. The monoisotopic (exact) mass is 279 g/mol. The molecule has 0 radical (unpaired) electrons. The largest absolute Gasteiger partial charge is 0.508 e. The molecule has 1 saturated carbocycles. The van der Waals surface area contributed by atoms with Gasteiger partial charge in [0.1, 0.15) is 5.75 Å². The Balaban J connectivity index is 2.03. The molecule has 2 N–H and O–H groups in total. The van der Waals surface area contributed by atoms with Gasteiger partial charge in [-0.3, -0.25) is 4.79 Å². The summed E-state index contributed by atoms with van der Waals surface area (Å²) < 4.78 is 0.209. The number of hydrogen-bond donors (Lipinski definition) is 2. The van der Waals surface area contributed by atoms with E-state index >= 15 is 0 Å². The van der Waals surface area contributed by atoms with Crippen LogP contribution in [0.2, 0.25) is 0 Å². The Morgan fingerprint density at radius 1 is 1.42 bits per heavy atom. The fourth-order valence-corrected chi connectivity index (χ4v) is 3.59. The normalized spacial score (nSPS) is 17.4. The zero-order valence-corrected chi connectivity index (χ0v) is 12.3. The lowest BCUT2D eigenvalue weighted by Gasteiger charge is -2.27. The highest BCUT2D eigenvalue weighted by atomic mass is 32.2. The van der Waals surface area contributed by atoms with E-state index in [1.807, 2.05) is 11.8 Å². The van der Waals surface area contributed by atoms with Crippen molar-refractivity contribution in [1.29, 1.82) is 0 Å². The summed E-state index contributed by atoms with van der Waals surface area (Å²) in [4.78, 5) is 12.2. The molecule has 19 heavy (non-hydrogen) atoms. The fraction of sp³-hybridized carbons (Fsp3) is 0.533. The minimum atomic E-state index is -0.0891. The number of carbonyl (C=O) groups is 1. The van der Waals surface area contributed by atoms with Crippen LogP contribution in [-0.2, 0) is 0 Å². The second-order valence-electron chi connectivity index (χ2n) is 5.23. The number of hydrogen-bond acceptors (Lipinski definition) is 3. The Morgan fingerprint density at radius 2 is 2.11 bits per heavy atom. The number of rotatable bonds is 4. The van der Waals surface area contributed by atoms with Crippen molar-refractivity contribution in [1.82, 2.24) is 5.32 Å². The van der Waals surface area contributed by atoms with Crippen LogP contribution in [0.5, 0.6) is 5.75 Å². The molecule has 0 aromatic heterocycles. The van der Waals surface area contributed by atoms with Crippen LogP contribution < -0.4 is 5.32 Å². The third kappa shape index (κ3) is 3.06. The van der Waals surface area contributed by atoms with Gasteiger partial charge in [0.2, 0.25) is 0 Å². The summed E-state index contributed by atoms with van der Waals surface area (Å²) in [6.07, 6.45) is 6.97. The molecule has 0 bridgehead atoms. The summed E-state index contributed by atoms with van der Waals surface area (Å²) >= 11 is 1.86. The molecule has 0 unspecified atom stereocenters. The van der Waals surface area contributed by atoms with Gasteiger partial charge in [-0.05, 0) is 38.2 Å². The van der Waals surface area contributed by atoms with Crippen LogP contribution in [0.3, 0.4) is 0 Å². The summed E-state index contributed by atoms with van der Waals surface area (Å²) in [6, 6.07) is 5.06. The number of nitrogens with one attached hydrogen (secondary N) is 1. The van der Waals surface area contributed by atoms with Crippen molar-refractivity contribution in [3.63, 3.8) is 0 Å². The van der Waals surface area contributed by atoms with Crippen LogP contribution in [0.15, 0.2) is 18.2 Å². The van der Waals surface area contributed by atoms with Crippen LogP contribution in [0.1, 0.15) is 41.6 Å². The van der Waals surface area contributed by atoms with Gasteiger partial charge in [-0.25, -0.2) is 0 Å². The Morgan fingerprint density at radius 3 is 2.74 bits per heavy atom. The predicted molar refractivity (Wildman–Crippen MR) is 79.9 cm³/mol. The van der Waals surface area contributed by atoms with Crippen LogP contribution in [-0.4, -0.2) is 28.6 Å². The fourth-order valence-electron chi connectivity index (χ4n) is 2.68. The molecule has 4 heteroatoms. The van der Waals surface area contributed by atoms with Crippen LogP contribution in [0, 0.1) is 6.92 Å². The van der Waals surface area contributed by atoms with Gasteiger partial charge in [-0.2, -0.15) is 11.8 Å². The number of phenolic OH excluding ortho intramolecular Hbond substituents is 1. The van der Waals surface area contributed by atoms with Crippen molar-refractivity contribution >= 4 is 17.7 Å². The average molecular weight is 279 g/mol. The van der Waals surface area contributed by atoms with E-state index in [0.717, 1.165) is 0 Å². The second kappa shape index (κ2) is 5.87. The van der Waals surface area contributed by atoms with E-state index in [-0.39, 0.29) is 16.4 Å². The summed E-state index contributed by atoms with van der Waals surface area (Å²) in [6.45, 7) is 2.48. The van der Waals surface area contributed by atoms with Gasteiger partial charge in [0.05, 0.1) is 0 Å². The van der Waals surface area contributed by atoms with Crippen molar-refractivity contribution in [3.8, 4) is 5.75 Å². The molecule has 1 aliphatic rings. The maximum atomic E-state index is 12.2. The molecule has 1 fully saturated rings. The number of thioether (sulfide) groups is 1. The van der Waals surface area contributed by atoms with Gasteiger partial charge < -0.3 is 10.4 Å². The van der Waals surface area contributed by atoms with E-state index in [4.69, 9.17) is 0 Å². The van der Waals surface area contributed by atoms with Gasteiger partial charge >= 0.3 is 0 Å². The Hall–Kier alpha value is -1.16. The molecule has 0 saturated heterocycles. The van der Waals surface area contributed by atoms with Crippen molar-refractivity contribution in [2.24, 2.45) is 0 Å². The number of aromatic hydroxyl groups is 1. The second-order valence-corrected chi connectivity index (χ2v) is 6.50. The van der Waals surface area contributed by atoms with E-state index in [0.29, 0.717) is 17.7 Å². The summed E-state index contributed by atoms with van der Waals surface area (Å²) in [5, 5.41) is 12.7. The van der Waals surface area contributed by atoms with Gasteiger partial charge in [0, 0.05) is 22.4 Å². The molecule has 0 aliphatic heterocycles. The molecule has 0 heterocycles. The van der Waals surface area contributed by atoms with Gasteiger partial charge in [0.25, 0.3) is 5.91 Å². The quantitative estimate of drug-likeness (QED) is 0.890. The van der Waals surface area contributed by atoms with Crippen molar-refractivity contribution in [2.45, 2.75) is 37.4 Å². The summed E-state index contributed by atoms with van der Waals surface area (Å²) in [5.74, 6) is 0.0850. The molecule has 1 aliphatic carbocycles. The highest BCUT2D eigenvalue weighted by Crippen LogP contribution is 2.39. The minimum Gasteiger partial charge on any atom is -0.508 e. The SMILES string of the molecule is CSC1(CNC(=O)c2cccc(O)c2C)CCCC1. The van der Waals surface area contributed by atoms with Gasteiger partial charge in [-0.15, -0.1) is 0 Å².